The Morgan fingerprint density at radius 2 is 2.12 bits per heavy atom. The van der Waals surface area contributed by atoms with E-state index in [0.717, 1.165) is 18.7 Å². The first-order valence-corrected chi connectivity index (χ1v) is 5.31. The summed E-state index contributed by atoms with van der Waals surface area (Å²) in [5, 5.41) is 8.78. The lowest BCUT2D eigenvalue weighted by Gasteiger charge is -2.12. The molecule has 0 bridgehead atoms. The van der Waals surface area contributed by atoms with Gasteiger partial charge in [-0.3, -0.25) is 4.79 Å². The molecule has 0 saturated carbocycles. The second-order valence-electron chi connectivity index (χ2n) is 4.11. The number of pyridine rings is 1. The van der Waals surface area contributed by atoms with E-state index in [0.29, 0.717) is 6.54 Å². The minimum absolute atomic E-state index is 0.179. The summed E-state index contributed by atoms with van der Waals surface area (Å²) in [5.74, 6) is 0. The Labute approximate surface area is 95.7 Å². The summed E-state index contributed by atoms with van der Waals surface area (Å²) in [6.45, 7) is 3.49. The third kappa shape index (κ3) is 2.94. The highest BCUT2D eigenvalue weighted by molar-refractivity contribution is 5.27. The fourth-order valence-electron chi connectivity index (χ4n) is 1.58. The highest BCUT2D eigenvalue weighted by Gasteiger charge is 2.05. The first kappa shape index (κ1) is 12.5. The van der Waals surface area contributed by atoms with Gasteiger partial charge in [0, 0.05) is 12.2 Å². The largest absolute Gasteiger partial charge is 0.312 e. The van der Waals surface area contributed by atoms with Gasteiger partial charge in [-0.2, -0.15) is 5.26 Å². The molecule has 0 saturated heterocycles. The van der Waals surface area contributed by atoms with Gasteiger partial charge in [0.15, 0.2) is 0 Å². The van der Waals surface area contributed by atoms with Crippen LogP contribution in [0, 0.1) is 18.3 Å². The Balaban J connectivity index is 2.87. The van der Waals surface area contributed by atoms with Crippen molar-refractivity contribution in [3.05, 3.63) is 33.7 Å². The van der Waals surface area contributed by atoms with E-state index in [1.807, 2.05) is 33.2 Å². The molecule has 86 valence electrons. The van der Waals surface area contributed by atoms with E-state index in [-0.39, 0.29) is 11.1 Å². The van der Waals surface area contributed by atoms with Crippen LogP contribution in [0.3, 0.4) is 0 Å². The molecule has 0 atom stereocenters. The molecule has 0 aromatic carbocycles. The van der Waals surface area contributed by atoms with Gasteiger partial charge in [0.1, 0.15) is 11.6 Å². The molecule has 16 heavy (non-hydrogen) atoms. The molecule has 1 aromatic rings. The van der Waals surface area contributed by atoms with E-state index in [9.17, 15) is 4.79 Å². The molecule has 0 unspecified atom stereocenters. The van der Waals surface area contributed by atoms with Gasteiger partial charge in [-0.25, -0.2) is 0 Å². The quantitative estimate of drug-likeness (QED) is 0.758. The molecule has 0 N–H and O–H groups in total. The maximum atomic E-state index is 11.8. The first-order valence-electron chi connectivity index (χ1n) is 5.31. The highest BCUT2D eigenvalue weighted by Crippen LogP contribution is 1.99. The van der Waals surface area contributed by atoms with Crippen LogP contribution in [-0.2, 0) is 6.54 Å². The molecule has 0 aliphatic heterocycles. The van der Waals surface area contributed by atoms with Crippen LogP contribution in [0.4, 0.5) is 0 Å². The lowest BCUT2D eigenvalue weighted by Crippen LogP contribution is -2.26. The summed E-state index contributed by atoms with van der Waals surface area (Å²) in [6, 6.07) is 5.32. The van der Waals surface area contributed by atoms with Gasteiger partial charge in [0.05, 0.1) is 0 Å². The van der Waals surface area contributed by atoms with E-state index in [2.05, 4.69) is 4.90 Å². The van der Waals surface area contributed by atoms with Crippen LogP contribution in [0.5, 0.6) is 0 Å². The third-order valence-corrected chi connectivity index (χ3v) is 2.50. The zero-order chi connectivity index (χ0) is 12.1. The van der Waals surface area contributed by atoms with Crippen molar-refractivity contribution >= 4 is 0 Å². The fourth-order valence-corrected chi connectivity index (χ4v) is 1.58. The van der Waals surface area contributed by atoms with E-state index in [1.54, 1.807) is 10.6 Å². The molecule has 0 amide bonds. The molecule has 0 radical (unpaired) electrons. The Bertz CT molecular complexity index is 454. The summed E-state index contributed by atoms with van der Waals surface area (Å²) < 4.78 is 1.67. The zero-order valence-electron chi connectivity index (χ0n) is 10.0. The molecular weight excluding hydrogens is 202 g/mol. The third-order valence-electron chi connectivity index (χ3n) is 2.50. The van der Waals surface area contributed by atoms with Gasteiger partial charge >= 0.3 is 0 Å². The summed E-state index contributed by atoms with van der Waals surface area (Å²) in [4.78, 5) is 13.9. The van der Waals surface area contributed by atoms with Crippen LogP contribution >= 0.6 is 0 Å². The lowest BCUT2D eigenvalue weighted by molar-refractivity contribution is 0.383. The van der Waals surface area contributed by atoms with Crippen molar-refractivity contribution in [2.75, 3.05) is 20.6 Å². The maximum absolute atomic E-state index is 11.8. The first-order chi connectivity index (χ1) is 7.56. The molecule has 1 rings (SSSR count). The van der Waals surface area contributed by atoms with Crippen LogP contribution in [0.2, 0.25) is 0 Å². The van der Waals surface area contributed by atoms with Gasteiger partial charge in [-0.1, -0.05) is 0 Å². The van der Waals surface area contributed by atoms with Crippen molar-refractivity contribution in [2.45, 2.75) is 19.9 Å². The molecular formula is C12H17N3O. The minimum atomic E-state index is -0.179. The van der Waals surface area contributed by atoms with Gasteiger partial charge in [-0.05, 0) is 46.1 Å². The average molecular weight is 219 g/mol. The molecule has 0 spiro atoms. The van der Waals surface area contributed by atoms with Crippen molar-refractivity contribution in [1.29, 1.82) is 5.26 Å². The topological polar surface area (TPSA) is 49.0 Å². The summed E-state index contributed by atoms with van der Waals surface area (Å²) in [6.07, 6.45) is 0.905. The molecule has 1 heterocycles. The van der Waals surface area contributed by atoms with E-state index >= 15 is 0 Å². The normalized spacial score (nSPS) is 10.4. The molecule has 0 aliphatic carbocycles. The van der Waals surface area contributed by atoms with Crippen LogP contribution < -0.4 is 5.56 Å². The SMILES string of the molecule is Cc1ccc(C#N)c(=O)n1CCCN(C)C. The zero-order valence-corrected chi connectivity index (χ0v) is 10.0. The van der Waals surface area contributed by atoms with Crippen LogP contribution in [-0.4, -0.2) is 30.1 Å². The maximum Gasteiger partial charge on any atom is 0.268 e. The van der Waals surface area contributed by atoms with Crippen LogP contribution in [0.15, 0.2) is 16.9 Å². The monoisotopic (exact) mass is 219 g/mol. The minimum Gasteiger partial charge on any atom is -0.312 e. The smallest absolute Gasteiger partial charge is 0.268 e. The number of nitrogens with zero attached hydrogens (tertiary/aromatic N) is 3. The summed E-state index contributed by atoms with van der Waals surface area (Å²) >= 11 is 0. The van der Waals surface area contributed by atoms with Crippen molar-refractivity contribution in [2.24, 2.45) is 0 Å². The Morgan fingerprint density at radius 1 is 1.44 bits per heavy atom. The molecule has 1 aromatic heterocycles. The average Bonchev–Trinajstić information content (AvgIpc) is 2.23. The van der Waals surface area contributed by atoms with Crippen molar-refractivity contribution in [3.8, 4) is 6.07 Å². The number of aromatic nitrogens is 1. The number of hydrogen-bond donors (Lipinski definition) is 0. The number of nitriles is 1. The predicted octanol–water partition coefficient (Wildman–Crippen LogP) is 0.980. The van der Waals surface area contributed by atoms with E-state index < -0.39 is 0 Å². The Morgan fingerprint density at radius 3 is 2.69 bits per heavy atom. The van der Waals surface area contributed by atoms with Crippen LogP contribution in [0.1, 0.15) is 17.7 Å². The Kier molecular flexibility index (Phi) is 4.27. The van der Waals surface area contributed by atoms with E-state index in [4.69, 9.17) is 5.26 Å². The molecule has 4 nitrogen and oxygen atoms in total. The van der Waals surface area contributed by atoms with Gasteiger partial charge in [0.25, 0.3) is 5.56 Å². The van der Waals surface area contributed by atoms with Crippen molar-refractivity contribution < 1.29 is 0 Å². The van der Waals surface area contributed by atoms with Gasteiger partial charge in [0.2, 0.25) is 0 Å². The lowest BCUT2D eigenvalue weighted by atomic mass is 10.2. The van der Waals surface area contributed by atoms with Gasteiger partial charge in [-0.15, -0.1) is 0 Å². The summed E-state index contributed by atoms with van der Waals surface area (Å²) in [7, 11) is 4.00. The second kappa shape index (κ2) is 5.47. The standard InChI is InChI=1S/C12H17N3O/c1-10-5-6-11(9-13)12(16)15(10)8-4-7-14(2)3/h5-6H,4,7-8H2,1-3H3. The molecule has 4 heteroatoms. The molecule has 0 aliphatic rings. The van der Waals surface area contributed by atoms with Gasteiger partial charge < -0.3 is 9.47 Å². The van der Waals surface area contributed by atoms with Crippen molar-refractivity contribution in [3.63, 3.8) is 0 Å². The highest BCUT2D eigenvalue weighted by atomic mass is 16.1. The van der Waals surface area contributed by atoms with Crippen molar-refractivity contribution in [1.82, 2.24) is 9.47 Å². The number of rotatable bonds is 4. The number of aryl methyl sites for hydroxylation is 1. The van der Waals surface area contributed by atoms with Crippen LogP contribution in [0.25, 0.3) is 0 Å². The molecule has 0 fully saturated rings. The fraction of sp³-hybridized carbons (Fsp3) is 0.500. The number of hydrogen-bond acceptors (Lipinski definition) is 3. The Hall–Kier alpha value is -1.60. The second-order valence-corrected chi connectivity index (χ2v) is 4.11. The van der Waals surface area contributed by atoms with E-state index in [1.165, 1.54) is 0 Å². The predicted molar refractivity (Wildman–Crippen MR) is 63.3 cm³/mol. The summed E-state index contributed by atoms with van der Waals surface area (Å²) in [5.41, 5.74) is 0.944.